The third kappa shape index (κ3) is 4.24. The van der Waals surface area contributed by atoms with Gasteiger partial charge in [0, 0.05) is 17.8 Å². The van der Waals surface area contributed by atoms with Gasteiger partial charge in [-0.25, -0.2) is 4.68 Å². The molecule has 4 nitrogen and oxygen atoms in total. The van der Waals surface area contributed by atoms with Gasteiger partial charge in [-0.3, -0.25) is 4.79 Å². The molecule has 0 aliphatic carbocycles. The normalized spacial score (nSPS) is 11.4. The molecule has 1 amide bonds. The Morgan fingerprint density at radius 1 is 1.29 bits per heavy atom. The monoisotopic (exact) mass is 337 g/mol. The molecule has 0 aliphatic heterocycles. The Kier molecular flexibility index (Phi) is 5.11. The first kappa shape index (κ1) is 17.8. The van der Waals surface area contributed by atoms with E-state index < -0.39 is 18.6 Å². The molecule has 0 fully saturated rings. The summed E-state index contributed by atoms with van der Waals surface area (Å²) in [7, 11) is 0. The highest BCUT2D eigenvalue weighted by molar-refractivity contribution is 5.94. The Bertz CT molecular complexity index is 733. The van der Waals surface area contributed by atoms with E-state index in [2.05, 4.69) is 11.7 Å². The highest BCUT2D eigenvalue weighted by atomic mass is 19.4. The molecule has 2 rings (SSSR count). The molecule has 0 aliphatic rings. The van der Waals surface area contributed by atoms with Crippen molar-refractivity contribution in [1.29, 1.82) is 0 Å². The fraction of sp³-hybridized carbons (Fsp3) is 0.294. The predicted octanol–water partition coefficient (Wildman–Crippen LogP) is 3.68. The quantitative estimate of drug-likeness (QED) is 0.781. The average Bonchev–Trinajstić information content (AvgIpc) is 2.83. The van der Waals surface area contributed by atoms with Crippen molar-refractivity contribution >= 4 is 5.91 Å². The van der Waals surface area contributed by atoms with Crippen LogP contribution in [0.2, 0.25) is 0 Å². The van der Waals surface area contributed by atoms with Crippen LogP contribution in [0.1, 0.15) is 21.7 Å². The lowest BCUT2D eigenvalue weighted by Gasteiger charge is -2.22. The van der Waals surface area contributed by atoms with Gasteiger partial charge in [-0.2, -0.15) is 18.3 Å². The summed E-state index contributed by atoms with van der Waals surface area (Å²) < 4.78 is 39.5. The zero-order chi connectivity index (χ0) is 17.9. The molecular weight excluding hydrogens is 319 g/mol. The molecule has 0 spiro atoms. The lowest BCUT2D eigenvalue weighted by atomic mass is 10.1. The van der Waals surface area contributed by atoms with Crippen LogP contribution in [0.5, 0.6) is 0 Å². The van der Waals surface area contributed by atoms with Gasteiger partial charge in [0.25, 0.3) is 5.91 Å². The summed E-state index contributed by atoms with van der Waals surface area (Å²) in [5.74, 6) is -0.688. The van der Waals surface area contributed by atoms with Crippen LogP contribution in [0.4, 0.5) is 13.2 Å². The second-order valence-corrected chi connectivity index (χ2v) is 5.48. The number of carbonyl (C=O) groups excluding carboxylic acids is 1. The van der Waals surface area contributed by atoms with Gasteiger partial charge < -0.3 is 4.90 Å². The molecule has 0 N–H and O–H groups in total. The van der Waals surface area contributed by atoms with Crippen LogP contribution in [0.25, 0.3) is 5.69 Å². The summed E-state index contributed by atoms with van der Waals surface area (Å²) in [5, 5.41) is 4.33. The Hall–Kier alpha value is -2.57. The van der Waals surface area contributed by atoms with Crippen LogP contribution in [0.3, 0.4) is 0 Å². The lowest BCUT2D eigenvalue weighted by Crippen LogP contribution is -2.39. The van der Waals surface area contributed by atoms with E-state index >= 15 is 0 Å². The first-order chi connectivity index (χ1) is 11.2. The first-order valence-corrected chi connectivity index (χ1v) is 7.32. The molecule has 1 aromatic carbocycles. The Labute approximate surface area is 138 Å². The van der Waals surface area contributed by atoms with E-state index in [-0.39, 0.29) is 12.1 Å². The number of aryl methyl sites for hydroxylation is 2. The molecule has 2 aromatic rings. The Balaban J connectivity index is 2.23. The molecule has 7 heteroatoms. The van der Waals surface area contributed by atoms with Crippen molar-refractivity contribution in [2.24, 2.45) is 0 Å². The van der Waals surface area contributed by atoms with Crippen LogP contribution in [0.15, 0.2) is 43.0 Å². The van der Waals surface area contributed by atoms with Gasteiger partial charge in [0.05, 0.1) is 11.4 Å². The first-order valence-electron chi connectivity index (χ1n) is 7.32. The number of nitrogens with zero attached hydrogens (tertiary/aromatic N) is 3. The van der Waals surface area contributed by atoms with Crippen molar-refractivity contribution in [3.05, 3.63) is 59.9 Å². The SMILES string of the molecule is C=CCN(CC(F)(F)F)C(=O)c1ccc(-n2nc(C)cc2C)cc1. The number of hydrogen-bond donors (Lipinski definition) is 0. The molecule has 1 heterocycles. The maximum absolute atomic E-state index is 12.6. The van der Waals surface area contributed by atoms with E-state index in [1.54, 1.807) is 16.8 Å². The summed E-state index contributed by atoms with van der Waals surface area (Å²) in [6.07, 6.45) is -3.18. The number of benzene rings is 1. The minimum absolute atomic E-state index is 0.169. The van der Waals surface area contributed by atoms with Gasteiger partial charge in [0.1, 0.15) is 6.54 Å². The maximum Gasteiger partial charge on any atom is 0.406 e. The van der Waals surface area contributed by atoms with Gasteiger partial charge in [-0.15, -0.1) is 6.58 Å². The highest BCUT2D eigenvalue weighted by Gasteiger charge is 2.32. The molecule has 0 radical (unpaired) electrons. The van der Waals surface area contributed by atoms with Crippen LogP contribution in [-0.4, -0.2) is 39.9 Å². The topological polar surface area (TPSA) is 38.1 Å². The highest BCUT2D eigenvalue weighted by Crippen LogP contribution is 2.19. The van der Waals surface area contributed by atoms with E-state index in [1.807, 2.05) is 19.9 Å². The number of alkyl halides is 3. The molecule has 0 unspecified atom stereocenters. The summed E-state index contributed by atoms with van der Waals surface area (Å²) in [6.45, 7) is 5.69. The minimum Gasteiger partial charge on any atom is -0.326 e. The Morgan fingerprint density at radius 3 is 2.38 bits per heavy atom. The number of halogens is 3. The van der Waals surface area contributed by atoms with Gasteiger partial charge in [0.15, 0.2) is 0 Å². The number of amides is 1. The van der Waals surface area contributed by atoms with E-state index in [9.17, 15) is 18.0 Å². The van der Waals surface area contributed by atoms with Gasteiger partial charge in [0.2, 0.25) is 0 Å². The molecule has 0 bridgehead atoms. The molecule has 0 saturated heterocycles. The van der Waals surface area contributed by atoms with Gasteiger partial charge >= 0.3 is 6.18 Å². The third-order valence-corrected chi connectivity index (χ3v) is 3.38. The second kappa shape index (κ2) is 6.90. The molecule has 1 aromatic heterocycles. The standard InChI is InChI=1S/C17H18F3N3O/c1-4-9-22(11-17(18,19)20)16(24)14-5-7-15(8-6-14)23-13(3)10-12(2)21-23/h4-8,10H,1,9,11H2,2-3H3. The smallest absolute Gasteiger partial charge is 0.326 e. The number of carbonyl (C=O) groups is 1. The van der Waals surface area contributed by atoms with E-state index in [0.717, 1.165) is 17.1 Å². The Morgan fingerprint density at radius 2 is 1.92 bits per heavy atom. The summed E-state index contributed by atoms with van der Waals surface area (Å²) in [4.78, 5) is 13.0. The van der Waals surface area contributed by atoms with E-state index in [4.69, 9.17) is 0 Å². The second-order valence-electron chi connectivity index (χ2n) is 5.48. The van der Waals surface area contributed by atoms with Crippen LogP contribution >= 0.6 is 0 Å². The van der Waals surface area contributed by atoms with Crippen molar-refractivity contribution < 1.29 is 18.0 Å². The molecule has 128 valence electrons. The third-order valence-electron chi connectivity index (χ3n) is 3.38. The van der Waals surface area contributed by atoms with E-state index in [1.165, 1.54) is 18.2 Å². The van der Waals surface area contributed by atoms with Gasteiger partial charge in [-0.05, 0) is 44.2 Å². The van der Waals surface area contributed by atoms with Crippen molar-refractivity contribution in [3.8, 4) is 5.69 Å². The lowest BCUT2D eigenvalue weighted by molar-refractivity contribution is -0.139. The zero-order valence-corrected chi connectivity index (χ0v) is 13.5. The summed E-state index contributed by atoms with van der Waals surface area (Å²) in [6, 6.07) is 8.23. The summed E-state index contributed by atoms with van der Waals surface area (Å²) in [5.41, 5.74) is 2.71. The fourth-order valence-corrected chi connectivity index (χ4v) is 2.41. The number of aromatic nitrogens is 2. The molecule has 24 heavy (non-hydrogen) atoms. The average molecular weight is 337 g/mol. The predicted molar refractivity (Wildman–Crippen MR) is 85.2 cm³/mol. The maximum atomic E-state index is 12.6. The van der Waals surface area contributed by atoms with Gasteiger partial charge in [-0.1, -0.05) is 6.08 Å². The van der Waals surface area contributed by atoms with Crippen LogP contribution in [-0.2, 0) is 0 Å². The summed E-state index contributed by atoms with van der Waals surface area (Å²) >= 11 is 0. The molecular formula is C17H18F3N3O. The number of rotatable bonds is 5. The van der Waals surface area contributed by atoms with E-state index in [0.29, 0.717) is 4.90 Å². The van der Waals surface area contributed by atoms with Crippen molar-refractivity contribution in [3.63, 3.8) is 0 Å². The van der Waals surface area contributed by atoms with Crippen molar-refractivity contribution in [2.75, 3.05) is 13.1 Å². The minimum atomic E-state index is -4.46. The molecule has 0 saturated carbocycles. The van der Waals surface area contributed by atoms with Crippen molar-refractivity contribution in [2.45, 2.75) is 20.0 Å². The largest absolute Gasteiger partial charge is 0.406 e. The van der Waals surface area contributed by atoms with Crippen LogP contribution in [0, 0.1) is 13.8 Å². The number of hydrogen-bond acceptors (Lipinski definition) is 2. The van der Waals surface area contributed by atoms with Crippen LogP contribution < -0.4 is 0 Å². The zero-order valence-electron chi connectivity index (χ0n) is 13.5. The fourth-order valence-electron chi connectivity index (χ4n) is 2.41. The molecule has 0 atom stereocenters. The van der Waals surface area contributed by atoms with Crippen molar-refractivity contribution in [1.82, 2.24) is 14.7 Å².